The van der Waals surface area contributed by atoms with Crippen molar-refractivity contribution >= 4 is 12.0 Å². The fourth-order valence-corrected chi connectivity index (χ4v) is 0.788. The number of hydrogen-bond acceptors (Lipinski definition) is 3. The molecule has 0 atom stereocenters. The Morgan fingerprint density at radius 1 is 1.67 bits per heavy atom. The number of rotatable bonds is 1. The number of ether oxygens (including phenoxy) is 1. The van der Waals surface area contributed by atoms with Crippen molar-refractivity contribution in [2.75, 3.05) is 5.32 Å². The van der Waals surface area contributed by atoms with Gasteiger partial charge in [0.2, 0.25) is 0 Å². The maximum absolute atomic E-state index is 9.05. The largest absolute Gasteiger partial charge is 2.00 e. The van der Waals surface area contributed by atoms with Crippen LogP contribution in [0.4, 0.5) is 5.69 Å². The second-order valence-electron chi connectivity index (χ2n) is 2.30. The van der Waals surface area contributed by atoms with Crippen molar-refractivity contribution < 1.29 is 71.8 Å². The van der Waals surface area contributed by atoms with Gasteiger partial charge in [-0.1, -0.05) is 19.3 Å². The van der Waals surface area contributed by atoms with Crippen molar-refractivity contribution in [3.63, 3.8) is 0 Å². The van der Waals surface area contributed by atoms with Crippen LogP contribution in [0.1, 0.15) is 13.3 Å². The van der Waals surface area contributed by atoms with Crippen LogP contribution < -0.4 is 10.1 Å². The molecule has 0 fully saturated rings. The Hall–Kier alpha value is 0.594. The van der Waals surface area contributed by atoms with Crippen LogP contribution in [-0.2, 0) is 4.79 Å². The molecule has 1 aromatic carbocycles. The topological polar surface area (TPSA) is 38.3 Å². The molecule has 1 aromatic rings. The molecular weight excluding hydrogens is 642 g/mol. The third-order valence-electron chi connectivity index (χ3n) is 1.37. The summed E-state index contributed by atoms with van der Waals surface area (Å²) in [6.45, 7) is 3.31. The molecule has 15 heavy (non-hydrogen) atoms. The van der Waals surface area contributed by atoms with Crippen LogP contribution >= 0.6 is 0 Å². The van der Waals surface area contributed by atoms with Crippen molar-refractivity contribution in [2.24, 2.45) is 0 Å². The molecular formula is C10H10NO2U2-. The number of nitrogens with one attached hydrogen (secondary N) is 1. The van der Waals surface area contributed by atoms with Crippen LogP contribution in [0.15, 0.2) is 18.2 Å². The van der Waals surface area contributed by atoms with E-state index in [0.717, 1.165) is 11.4 Å². The van der Waals surface area contributed by atoms with E-state index in [-0.39, 0.29) is 62.2 Å². The molecule has 1 aliphatic rings. The summed E-state index contributed by atoms with van der Waals surface area (Å²) in [5.74, 6) is 0.845. The maximum Gasteiger partial charge on any atom is 2.00 e. The van der Waals surface area contributed by atoms with Gasteiger partial charge in [0.15, 0.2) is 0 Å². The van der Waals surface area contributed by atoms with E-state index in [1.54, 1.807) is 26.0 Å². The quantitative estimate of drug-likeness (QED) is 0.472. The number of benzene rings is 1. The molecule has 0 aliphatic carbocycles. The molecule has 0 bridgehead atoms. The van der Waals surface area contributed by atoms with Gasteiger partial charge in [0, 0.05) is 31.1 Å². The van der Waals surface area contributed by atoms with Gasteiger partial charge in [-0.15, -0.1) is 12.1 Å². The molecule has 0 amide bonds. The first-order valence-electron chi connectivity index (χ1n) is 3.98. The minimum atomic E-state index is 0. The standard InChI is InChI=1S/C7H5NO.C3H5O.2U/c1-2-4-7-6(3-1)8-5-9-7;1-2-3-4;;/h1,3-5,8H;2H2,1H3;;/q-2;-1;;+2. The molecule has 0 saturated heterocycles. The molecule has 76 valence electrons. The zero-order valence-electron chi connectivity index (χ0n) is 8.33. The van der Waals surface area contributed by atoms with Gasteiger partial charge in [-0.25, -0.2) is 0 Å². The van der Waals surface area contributed by atoms with Crippen molar-refractivity contribution in [1.82, 2.24) is 0 Å². The average Bonchev–Trinajstić information content (AvgIpc) is 2.66. The van der Waals surface area contributed by atoms with Gasteiger partial charge in [-0.3, -0.25) is 6.29 Å². The fourth-order valence-electron chi connectivity index (χ4n) is 0.788. The molecule has 0 radical (unpaired) electrons. The van der Waals surface area contributed by atoms with Gasteiger partial charge >= 0.3 is 31.1 Å². The summed E-state index contributed by atoms with van der Waals surface area (Å²) in [5, 5.41) is 2.93. The van der Waals surface area contributed by atoms with Crippen molar-refractivity contribution in [1.29, 1.82) is 0 Å². The van der Waals surface area contributed by atoms with E-state index in [1.807, 2.05) is 12.1 Å². The minimum Gasteiger partial charge on any atom is -0.697 e. The van der Waals surface area contributed by atoms with Gasteiger partial charge in [0.05, 0.1) is 0 Å². The van der Waals surface area contributed by atoms with Crippen LogP contribution in [0, 0.1) is 75.0 Å². The monoisotopic (exact) mass is 652 g/mol. The second-order valence-corrected chi connectivity index (χ2v) is 2.30. The predicted octanol–water partition coefficient (Wildman–Crippen LogP) is 1.92. The van der Waals surface area contributed by atoms with Crippen molar-refractivity contribution in [3.8, 4) is 5.75 Å². The Labute approximate surface area is 137 Å². The summed E-state index contributed by atoms with van der Waals surface area (Å²) in [6.07, 6.45) is 2.19. The fraction of sp³-hybridized carbons (Fsp3) is 0.200. The number of hydrogen-bond donors (Lipinski definition) is 1. The first-order valence-corrected chi connectivity index (χ1v) is 3.98. The summed E-state index contributed by atoms with van der Waals surface area (Å²) in [4.78, 5) is 9.05. The second kappa shape index (κ2) is 11.1. The van der Waals surface area contributed by atoms with E-state index in [0.29, 0.717) is 6.42 Å². The van der Waals surface area contributed by atoms with Gasteiger partial charge in [-0.2, -0.15) is 18.6 Å². The zero-order chi connectivity index (χ0) is 9.52. The summed E-state index contributed by atoms with van der Waals surface area (Å²) < 4.78 is 5.03. The molecule has 1 N–H and O–H groups in total. The molecule has 0 aromatic heterocycles. The van der Waals surface area contributed by atoms with Crippen LogP contribution in [0.3, 0.4) is 0 Å². The predicted molar refractivity (Wildman–Crippen MR) is 49.8 cm³/mol. The van der Waals surface area contributed by atoms with Gasteiger partial charge in [0.1, 0.15) is 0 Å². The van der Waals surface area contributed by atoms with Gasteiger partial charge in [-0.05, 0) is 5.75 Å². The van der Waals surface area contributed by atoms with Crippen LogP contribution in [0.2, 0.25) is 0 Å². The third kappa shape index (κ3) is 6.70. The normalized spacial score (nSPS) is 9.93. The van der Waals surface area contributed by atoms with Crippen LogP contribution in [0.25, 0.3) is 0 Å². The van der Waals surface area contributed by atoms with E-state index in [9.17, 15) is 0 Å². The molecule has 0 spiro atoms. The Bertz CT molecular complexity index is 259. The summed E-state index contributed by atoms with van der Waals surface area (Å²) in [5.41, 5.74) is 1.01. The zero-order valence-corrected chi connectivity index (χ0v) is 16.7. The molecule has 2 rings (SSSR count). The van der Waals surface area contributed by atoms with Crippen LogP contribution in [0.5, 0.6) is 5.75 Å². The van der Waals surface area contributed by atoms with E-state index in [4.69, 9.17) is 9.53 Å². The Balaban J connectivity index is 0. The Morgan fingerprint density at radius 3 is 2.87 bits per heavy atom. The Kier molecular flexibility index (Phi) is 13.3. The van der Waals surface area contributed by atoms with Gasteiger partial charge in [0.25, 0.3) is 0 Å². The summed E-state index contributed by atoms with van der Waals surface area (Å²) in [6, 6.07) is 8.46. The first-order chi connectivity index (χ1) is 6.38. The molecule has 0 unspecified atom stereocenters. The van der Waals surface area contributed by atoms with E-state index >= 15 is 0 Å². The number of anilines is 1. The number of carbonyl (C=O) groups excluding carboxylic acids is 1. The van der Waals surface area contributed by atoms with Gasteiger partial charge < -0.3 is 14.8 Å². The number of fused-ring (bicyclic) bond motifs is 1. The molecule has 1 aliphatic heterocycles. The molecule has 0 saturated carbocycles. The summed E-state index contributed by atoms with van der Waals surface area (Å²) >= 11 is 0. The molecule has 1 heterocycles. The maximum atomic E-state index is 9.05. The third-order valence-corrected chi connectivity index (χ3v) is 1.37. The van der Waals surface area contributed by atoms with Crippen molar-refractivity contribution in [3.05, 3.63) is 31.0 Å². The first kappa shape index (κ1) is 18.0. The minimum absolute atomic E-state index is 0. The van der Waals surface area contributed by atoms with E-state index < -0.39 is 0 Å². The summed E-state index contributed by atoms with van der Waals surface area (Å²) in [7, 11) is 0. The van der Waals surface area contributed by atoms with E-state index in [1.165, 1.54) is 0 Å². The SMILES string of the molecule is CC[C-]=O.[U+2].[U].[c-]1ccc2c(c1)O[CH-]N2. The Morgan fingerprint density at radius 2 is 2.33 bits per heavy atom. The molecule has 3 nitrogen and oxygen atoms in total. The van der Waals surface area contributed by atoms with E-state index in [2.05, 4.69) is 11.4 Å². The van der Waals surface area contributed by atoms with Crippen molar-refractivity contribution in [2.45, 2.75) is 13.3 Å². The average molecular weight is 652 g/mol. The van der Waals surface area contributed by atoms with Crippen LogP contribution in [-0.4, -0.2) is 6.29 Å². The molecule has 5 heteroatoms. The smallest absolute Gasteiger partial charge is 0.697 e.